The van der Waals surface area contributed by atoms with Crippen LogP contribution in [0.15, 0.2) is 18.2 Å². The zero-order valence-corrected chi connectivity index (χ0v) is 8.25. The van der Waals surface area contributed by atoms with Gasteiger partial charge in [-0.3, -0.25) is 0 Å². The minimum atomic E-state index is -0.534. The third-order valence-corrected chi connectivity index (χ3v) is 1.66. The highest BCUT2D eigenvalue weighted by molar-refractivity contribution is 5.43. The molecular weight excluding hydrogens is 181 g/mol. The molecule has 1 aromatic rings. The topological polar surface area (TPSA) is 33.0 Å². The van der Waals surface area contributed by atoms with Gasteiger partial charge in [-0.1, -0.05) is 19.9 Å². The fourth-order valence-corrected chi connectivity index (χ4v) is 0.990. The normalized spacial score (nSPS) is 9.93. The molecule has 14 heavy (non-hydrogen) atoms. The summed E-state index contributed by atoms with van der Waals surface area (Å²) in [7, 11) is 0. The van der Waals surface area contributed by atoms with Crippen molar-refractivity contribution in [2.45, 2.75) is 13.8 Å². The lowest BCUT2D eigenvalue weighted by molar-refractivity contribution is 0.269. The predicted molar refractivity (Wildman–Crippen MR) is 51.4 cm³/mol. The van der Waals surface area contributed by atoms with Gasteiger partial charge in [0.05, 0.1) is 6.61 Å². The molecule has 0 saturated heterocycles. The second-order valence-corrected chi connectivity index (χ2v) is 3.43. The van der Waals surface area contributed by atoms with E-state index in [2.05, 4.69) is 0 Å². The zero-order chi connectivity index (χ0) is 10.6. The van der Waals surface area contributed by atoms with Gasteiger partial charge in [-0.15, -0.1) is 0 Å². The summed E-state index contributed by atoms with van der Waals surface area (Å²) >= 11 is 0. The lowest BCUT2D eigenvalue weighted by Gasteiger charge is -2.09. The van der Waals surface area contributed by atoms with Crippen molar-refractivity contribution in [3.8, 4) is 11.8 Å². The van der Waals surface area contributed by atoms with Gasteiger partial charge in [-0.2, -0.15) is 5.26 Å². The van der Waals surface area contributed by atoms with Crippen LogP contribution in [-0.2, 0) is 0 Å². The Bertz CT molecular complexity index is 355. The van der Waals surface area contributed by atoms with Crippen LogP contribution in [0.2, 0.25) is 0 Å². The summed E-state index contributed by atoms with van der Waals surface area (Å²) in [6, 6.07) is 6.17. The van der Waals surface area contributed by atoms with Crippen LogP contribution in [0.3, 0.4) is 0 Å². The Labute approximate surface area is 82.9 Å². The van der Waals surface area contributed by atoms with Gasteiger partial charge in [0.2, 0.25) is 0 Å². The standard InChI is InChI=1S/C11H12FNO/c1-8(2)7-14-11-5-3-4-10(12)9(11)6-13/h3-5,8H,7H2,1-2H3. The summed E-state index contributed by atoms with van der Waals surface area (Å²) in [5.41, 5.74) is -0.0202. The van der Waals surface area contributed by atoms with E-state index < -0.39 is 5.82 Å². The smallest absolute Gasteiger partial charge is 0.144 e. The Morgan fingerprint density at radius 3 is 2.79 bits per heavy atom. The first-order chi connectivity index (χ1) is 6.65. The summed E-state index contributed by atoms with van der Waals surface area (Å²) in [6.07, 6.45) is 0. The van der Waals surface area contributed by atoms with Crippen molar-refractivity contribution in [3.63, 3.8) is 0 Å². The van der Waals surface area contributed by atoms with Crippen molar-refractivity contribution >= 4 is 0 Å². The number of benzene rings is 1. The average Bonchev–Trinajstić information content (AvgIpc) is 2.14. The average molecular weight is 193 g/mol. The Hall–Kier alpha value is -1.56. The number of hydrogen-bond acceptors (Lipinski definition) is 2. The Balaban J connectivity index is 2.87. The number of nitrogens with zero attached hydrogens (tertiary/aromatic N) is 1. The van der Waals surface area contributed by atoms with Crippen LogP contribution in [-0.4, -0.2) is 6.61 Å². The number of ether oxygens (including phenoxy) is 1. The van der Waals surface area contributed by atoms with Crippen molar-refractivity contribution < 1.29 is 9.13 Å². The van der Waals surface area contributed by atoms with Gasteiger partial charge in [0, 0.05) is 0 Å². The van der Waals surface area contributed by atoms with E-state index in [1.54, 1.807) is 12.1 Å². The van der Waals surface area contributed by atoms with Crippen LogP contribution in [0.1, 0.15) is 19.4 Å². The van der Waals surface area contributed by atoms with E-state index in [1.807, 2.05) is 13.8 Å². The van der Waals surface area contributed by atoms with Gasteiger partial charge in [0.15, 0.2) is 0 Å². The third kappa shape index (κ3) is 2.46. The third-order valence-electron chi connectivity index (χ3n) is 1.66. The molecule has 1 aromatic carbocycles. The van der Waals surface area contributed by atoms with Gasteiger partial charge in [0.25, 0.3) is 0 Å². The maximum atomic E-state index is 13.1. The van der Waals surface area contributed by atoms with E-state index in [4.69, 9.17) is 10.00 Å². The van der Waals surface area contributed by atoms with Crippen LogP contribution < -0.4 is 4.74 Å². The molecule has 0 heterocycles. The SMILES string of the molecule is CC(C)COc1cccc(F)c1C#N. The minimum Gasteiger partial charge on any atom is -0.492 e. The van der Waals surface area contributed by atoms with Crippen LogP contribution in [0.4, 0.5) is 4.39 Å². The molecule has 3 heteroatoms. The van der Waals surface area contributed by atoms with Crippen molar-refractivity contribution in [2.75, 3.05) is 6.61 Å². The molecule has 0 saturated carbocycles. The largest absolute Gasteiger partial charge is 0.492 e. The van der Waals surface area contributed by atoms with E-state index in [0.717, 1.165) is 0 Å². The monoisotopic (exact) mass is 193 g/mol. The molecule has 0 aromatic heterocycles. The summed E-state index contributed by atoms with van der Waals surface area (Å²) in [4.78, 5) is 0. The lowest BCUT2D eigenvalue weighted by Crippen LogP contribution is -2.06. The minimum absolute atomic E-state index is 0.0202. The van der Waals surface area contributed by atoms with E-state index in [0.29, 0.717) is 18.3 Å². The number of nitriles is 1. The van der Waals surface area contributed by atoms with E-state index in [1.165, 1.54) is 12.1 Å². The van der Waals surface area contributed by atoms with Gasteiger partial charge in [0.1, 0.15) is 23.2 Å². The van der Waals surface area contributed by atoms with E-state index >= 15 is 0 Å². The number of rotatable bonds is 3. The first kappa shape index (κ1) is 10.5. The molecule has 1 rings (SSSR count). The predicted octanol–water partition coefficient (Wildman–Crippen LogP) is 2.73. The molecule has 0 N–H and O–H groups in total. The number of hydrogen-bond donors (Lipinski definition) is 0. The van der Waals surface area contributed by atoms with Crippen molar-refractivity contribution in [1.82, 2.24) is 0 Å². The lowest BCUT2D eigenvalue weighted by atomic mass is 10.2. The molecule has 0 atom stereocenters. The number of halogens is 1. The Morgan fingerprint density at radius 2 is 2.21 bits per heavy atom. The second-order valence-electron chi connectivity index (χ2n) is 3.43. The fourth-order valence-electron chi connectivity index (χ4n) is 0.990. The fraction of sp³-hybridized carbons (Fsp3) is 0.364. The Morgan fingerprint density at radius 1 is 1.50 bits per heavy atom. The maximum Gasteiger partial charge on any atom is 0.144 e. The molecule has 2 nitrogen and oxygen atoms in total. The molecular formula is C11H12FNO. The van der Waals surface area contributed by atoms with E-state index in [-0.39, 0.29) is 5.56 Å². The van der Waals surface area contributed by atoms with Crippen molar-refractivity contribution in [3.05, 3.63) is 29.6 Å². The molecule has 0 fully saturated rings. The van der Waals surface area contributed by atoms with Crippen LogP contribution in [0.25, 0.3) is 0 Å². The molecule has 0 amide bonds. The first-order valence-electron chi connectivity index (χ1n) is 4.46. The second kappa shape index (κ2) is 4.61. The molecule has 0 bridgehead atoms. The van der Waals surface area contributed by atoms with Gasteiger partial charge in [-0.25, -0.2) is 4.39 Å². The highest BCUT2D eigenvalue weighted by atomic mass is 19.1. The van der Waals surface area contributed by atoms with Crippen molar-refractivity contribution in [2.24, 2.45) is 5.92 Å². The quantitative estimate of drug-likeness (QED) is 0.739. The van der Waals surface area contributed by atoms with Gasteiger partial charge < -0.3 is 4.74 Å². The highest BCUT2D eigenvalue weighted by Crippen LogP contribution is 2.20. The maximum absolute atomic E-state index is 13.1. The summed E-state index contributed by atoms with van der Waals surface area (Å²) in [5, 5.41) is 8.69. The van der Waals surface area contributed by atoms with Crippen molar-refractivity contribution in [1.29, 1.82) is 5.26 Å². The summed E-state index contributed by atoms with van der Waals surface area (Å²) in [5.74, 6) is 0.139. The molecule has 0 aliphatic carbocycles. The van der Waals surface area contributed by atoms with Crippen LogP contribution in [0, 0.1) is 23.1 Å². The molecule has 0 aliphatic rings. The van der Waals surface area contributed by atoms with Crippen LogP contribution >= 0.6 is 0 Å². The highest BCUT2D eigenvalue weighted by Gasteiger charge is 2.08. The molecule has 74 valence electrons. The molecule has 0 unspecified atom stereocenters. The molecule has 0 aliphatic heterocycles. The molecule has 0 spiro atoms. The molecule has 0 radical (unpaired) electrons. The summed E-state index contributed by atoms with van der Waals surface area (Å²) < 4.78 is 18.4. The first-order valence-corrected chi connectivity index (χ1v) is 4.46. The Kier molecular flexibility index (Phi) is 3.47. The summed E-state index contributed by atoms with van der Waals surface area (Å²) in [6.45, 7) is 4.47. The van der Waals surface area contributed by atoms with Crippen LogP contribution in [0.5, 0.6) is 5.75 Å². The van der Waals surface area contributed by atoms with Gasteiger partial charge >= 0.3 is 0 Å². The van der Waals surface area contributed by atoms with Gasteiger partial charge in [-0.05, 0) is 18.1 Å². The van der Waals surface area contributed by atoms with E-state index in [9.17, 15) is 4.39 Å². The zero-order valence-electron chi connectivity index (χ0n) is 8.25.